The van der Waals surface area contributed by atoms with Crippen molar-refractivity contribution in [3.8, 4) is 0 Å². The molecule has 3 nitrogen and oxygen atoms in total. The third-order valence-corrected chi connectivity index (χ3v) is 4.57. The predicted octanol–water partition coefficient (Wildman–Crippen LogP) is 3.58. The van der Waals surface area contributed by atoms with Crippen LogP contribution in [0, 0.1) is 0 Å². The third-order valence-electron chi connectivity index (χ3n) is 4.57. The molecule has 4 heteroatoms. The lowest BCUT2D eigenvalue weighted by molar-refractivity contribution is -0.132. The molecular weight excluding hydrogens is 320 g/mol. The Hall–Kier alpha value is -1.84. The van der Waals surface area contributed by atoms with E-state index in [9.17, 15) is 4.79 Å². The fourth-order valence-electron chi connectivity index (χ4n) is 3.34. The second-order valence-electron chi connectivity index (χ2n) is 6.14. The van der Waals surface area contributed by atoms with Crippen LogP contribution in [-0.4, -0.2) is 30.9 Å². The highest BCUT2D eigenvalue weighted by Crippen LogP contribution is 2.33. The van der Waals surface area contributed by atoms with E-state index < -0.39 is 0 Å². The molecule has 0 aliphatic carbocycles. The summed E-state index contributed by atoms with van der Waals surface area (Å²) in [5.41, 5.74) is 3.92. The highest BCUT2D eigenvalue weighted by molar-refractivity contribution is 5.85. The lowest BCUT2D eigenvalue weighted by Crippen LogP contribution is -2.38. The summed E-state index contributed by atoms with van der Waals surface area (Å²) < 4.78 is 0. The number of carbonyl (C=O) groups excluding carboxylic acids is 1. The molecule has 0 radical (unpaired) electrons. The van der Waals surface area contributed by atoms with Crippen molar-refractivity contribution >= 4 is 18.3 Å². The largest absolute Gasteiger partial charge is 0.337 e. The maximum absolute atomic E-state index is 12.6. The van der Waals surface area contributed by atoms with Gasteiger partial charge in [-0.15, -0.1) is 12.4 Å². The molecule has 1 aliphatic heterocycles. The molecule has 0 saturated carbocycles. The van der Waals surface area contributed by atoms with Gasteiger partial charge >= 0.3 is 0 Å². The van der Waals surface area contributed by atoms with Crippen molar-refractivity contribution in [3.05, 3.63) is 71.3 Å². The Morgan fingerprint density at radius 2 is 1.83 bits per heavy atom. The summed E-state index contributed by atoms with van der Waals surface area (Å²) in [4.78, 5) is 14.6. The van der Waals surface area contributed by atoms with Gasteiger partial charge in [0, 0.05) is 25.4 Å². The molecule has 0 saturated heterocycles. The first-order valence-electron chi connectivity index (χ1n) is 8.34. The molecule has 0 fully saturated rings. The van der Waals surface area contributed by atoms with Gasteiger partial charge in [0.2, 0.25) is 5.91 Å². The van der Waals surface area contributed by atoms with Crippen LogP contribution in [0.3, 0.4) is 0 Å². The average molecular weight is 345 g/mol. The molecule has 24 heavy (non-hydrogen) atoms. The van der Waals surface area contributed by atoms with Gasteiger partial charge in [-0.2, -0.15) is 0 Å². The summed E-state index contributed by atoms with van der Waals surface area (Å²) in [6, 6.07) is 19.0. The quantitative estimate of drug-likeness (QED) is 0.841. The highest BCUT2D eigenvalue weighted by Gasteiger charge is 2.28. The van der Waals surface area contributed by atoms with Crippen molar-refractivity contribution in [2.45, 2.75) is 25.3 Å². The number of rotatable bonds is 5. The molecule has 128 valence electrons. The van der Waals surface area contributed by atoms with Crippen LogP contribution < -0.4 is 5.32 Å². The summed E-state index contributed by atoms with van der Waals surface area (Å²) in [6.07, 6.45) is 1.51. The SMILES string of the molecule is CNCCCC(=O)N1Cc2ccccc2C(c2ccccc2)C1.Cl. The number of hydrogen-bond acceptors (Lipinski definition) is 2. The fraction of sp³-hybridized carbons (Fsp3) is 0.350. The van der Waals surface area contributed by atoms with Gasteiger partial charge in [0.05, 0.1) is 0 Å². The van der Waals surface area contributed by atoms with Gasteiger partial charge < -0.3 is 10.2 Å². The van der Waals surface area contributed by atoms with Crippen LogP contribution in [0.25, 0.3) is 0 Å². The van der Waals surface area contributed by atoms with Crippen LogP contribution in [0.5, 0.6) is 0 Å². The van der Waals surface area contributed by atoms with Crippen molar-refractivity contribution in [2.24, 2.45) is 0 Å². The molecule has 0 aromatic heterocycles. The van der Waals surface area contributed by atoms with Crippen LogP contribution in [0.2, 0.25) is 0 Å². The standard InChI is InChI=1S/C20H24N2O.ClH/c1-21-13-7-12-20(23)22-14-17-10-5-6-11-18(17)19(15-22)16-8-3-2-4-9-16;/h2-6,8-11,19,21H,7,12-15H2,1H3;1H. The Morgan fingerprint density at radius 1 is 1.12 bits per heavy atom. The first-order chi connectivity index (χ1) is 11.3. The van der Waals surface area contributed by atoms with Gasteiger partial charge in [0.25, 0.3) is 0 Å². The van der Waals surface area contributed by atoms with E-state index in [1.807, 2.05) is 18.0 Å². The van der Waals surface area contributed by atoms with Crippen molar-refractivity contribution in [2.75, 3.05) is 20.1 Å². The van der Waals surface area contributed by atoms with E-state index in [0.717, 1.165) is 26.1 Å². The van der Waals surface area contributed by atoms with Gasteiger partial charge in [-0.1, -0.05) is 54.6 Å². The fourth-order valence-corrected chi connectivity index (χ4v) is 3.34. The molecule has 1 atom stereocenters. The van der Waals surface area contributed by atoms with E-state index in [4.69, 9.17) is 0 Å². The number of nitrogens with zero attached hydrogens (tertiary/aromatic N) is 1. The smallest absolute Gasteiger partial charge is 0.222 e. The van der Waals surface area contributed by atoms with Crippen LogP contribution in [-0.2, 0) is 11.3 Å². The molecular formula is C20H25ClN2O. The molecule has 2 aromatic carbocycles. The third kappa shape index (κ3) is 4.16. The van der Waals surface area contributed by atoms with Crippen LogP contribution >= 0.6 is 12.4 Å². The first-order valence-corrected chi connectivity index (χ1v) is 8.34. The zero-order valence-corrected chi connectivity index (χ0v) is 14.9. The Kier molecular flexibility index (Phi) is 6.83. The highest BCUT2D eigenvalue weighted by atomic mass is 35.5. The first kappa shape index (κ1) is 18.5. The Bertz CT molecular complexity index is 660. The number of carbonyl (C=O) groups is 1. The molecule has 1 unspecified atom stereocenters. The van der Waals surface area contributed by atoms with Gasteiger partial charge in [0.1, 0.15) is 0 Å². The molecule has 2 aromatic rings. The maximum atomic E-state index is 12.6. The normalized spacial score (nSPS) is 16.2. The number of amides is 1. The second-order valence-corrected chi connectivity index (χ2v) is 6.14. The van der Waals surface area contributed by atoms with E-state index >= 15 is 0 Å². The number of halogens is 1. The van der Waals surface area contributed by atoms with E-state index in [2.05, 4.69) is 53.8 Å². The monoisotopic (exact) mass is 344 g/mol. The summed E-state index contributed by atoms with van der Waals surface area (Å²) in [7, 11) is 1.92. The van der Waals surface area contributed by atoms with E-state index in [-0.39, 0.29) is 24.2 Å². The molecule has 1 aliphatic rings. The molecule has 1 heterocycles. The zero-order valence-electron chi connectivity index (χ0n) is 14.1. The van der Waals surface area contributed by atoms with Crippen LogP contribution in [0.1, 0.15) is 35.4 Å². The lowest BCUT2D eigenvalue weighted by atomic mass is 9.84. The van der Waals surface area contributed by atoms with E-state index in [0.29, 0.717) is 6.42 Å². The van der Waals surface area contributed by atoms with Crippen LogP contribution in [0.15, 0.2) is 54.6 Å². The lowest BCUT2D eigenvalue weighted by Gasteiger charge is -2.35. The summed E-state index contributed by atoms with van der Waals surface area (Å²) >= 11 is 0. The molecule has 3 rings (SSSR count). The van der Waals surface area contributed by atoms with Gasteiger partial charge in [-0.3, -0.25) is 4.79 Å². The van der Waals surface area contributed by atoms with Gasteiger partial charge in [0.15, 0.2) is 0 Å². The molecule has 0 spiro atoms. The molecule has 1 N–H and O–H groups in total. The van der Waals surface area contributed by atoms with Crippen molar-refractivity contribution in [1.82, 2.24) is 10.2 Å². The summed E-state index contributed by atoms with van der Waals surface area (Å²) in [5, 5.41) is 3.11. The number of benzene rings is 2. The Morgan fingerprint density at radius 3 is 2.58 bits per heavy atom. The van der Waals surface area contributed by atoms with Gasteiger partial charge in [-0.25, -0.2) is 0 Å². The van der Waals surface area contributed by atoms with Crippen LogP contribution in [0.4, 0.5) is 0 Å². The number of hydrogen-bond donors (Lipinski definition) is 1. The predicted molar refractivity (Wildman–Crippen MR) is 101 cm³/mol. The van der Waals surface area contributed by atoms with E-state index in [1.165, 1.54) is 16.7 Å². The van der Waals surface area contributed by atoms with Crippen molar-refractivity contribution in [1.29, 1.82) is 0 Å². The number of nitrogens with one attached hydrogen (secondary N) is 1. The minimum Gasteiger partial charge on any atom is -0.337 e. The minimum absolute atomic E-state index is 0. The van der Waals surface area contributed by atoms with Crippen molar-refractivity contribution < 1.29 is 4.79 Å². The number of fused-ring (bicyclic) bond motifs is 1. The second kappa shape index (κ2) is 8.86. The molecule has 0 bridgehead atoms. The average Bonchev–Trinajstić information content (AvgIpc) is 2.61. The topological polar surface area (TPSA) is 32.3 Å². The minimum atomic E-state index is 0. The zero-order chi connectivity index (χ0) is 16.1. The maximum Gasteiger partial charge on any atom is 0.222 e. The van der Waals surface area contributed by atoms with Gasteiger partial charge in [-0.05, 0) is 36.7 Å². The Labute approximate surface area is 150 Å². The molecule has 1 amide bonds. The summed E-state index contributed by atoms with van der Waals surface area (Å²) in [6.45, 7) is 2.40. The summed E-state index contributed by atoms with van der Waals surface area (Å²) in [5.74, 6) is 0.532. The Balaban J connectivity index is 0.00000208. The van der Waals surface area contributed by atoms with E-state index in [1.54, 1.807) is 0 Å². The van der Waals surface area contributed by atoms with Crippen molar-refractivity contribution in [3.63, 3.8) is 0 Å².